The van der Waals surface area contributed by atoms with E-state index in [1.54, 1.807) is 0 Å². The first-order chi connectivity index (χ1) is 8.66. The molecule has 3 N–H and O–H groups in total. The predicted molar refractivity (Wildman–Crippen MR) is 76.1 cm³/mol. The van der Waals surface area contributed by atoms with Crippen molar-refractivity contribution in [1.29, 1.82) is 0 Å². The number of benzene rings is 1. The van der Waals surface area contributed by atoms with Crippen molar-refractivity contribution in [2.45, 2.75) is 37.6 Å². The molecule has 1 saturated carbocycles. The molecule has 3 nitrogen and oxygen atoms in total. The van der Waals surface area contributed by atoms with Gasteiger partial charge < -0.3 is 11.1 Å². The average molecular weight is 311 g/mol. The number of amides is 1. The summed E-state index contributed by atoms with van der Waals surface area (Å²) in [5.74, 6) is 0.114. The zero-order valence-electron chi connectivity index (χ0n) is 10.4. The molecule has 0 atom stereocenters. The zero-order valence-corrected chi connectivity index (χ0v) is 12.0. The Morgan fingerprint density at radius 3 is 2.50 bits per heavy atom. The zero-order chi connectivity index (χ0) is 13.0. The minimum atomic E-state index is -0.133. The highest BCUT2D eigenvalue weighted by atomic mass is 79.9. The first-order valence-electron chi connectivity index (χ1n) is 6.43. The van der Waals surface area contributed by atoms with Gasteiger partial charge in [-0.2, -0.15) is 0 Å². The van der Waals surface area contributed by atoms with Crippen LogP contribution in [0, 0.1) is 0 Å². The van der Waals surface area contributed by atoms with Crippen molar-refractivity contribution in [2.24, 2.45) is 5.73 Å². The Morgan fingerprint density at radius 2 is 2.00 bits per heavy atom. The van der Waals surface area contributed by atoms with Gasteiger partial charge in [0.15, 0.2) is 0 Å². The molecule has 1 aromatic carbocycles. The summed E-state index contributed by atoms with van der Waals surface area (Å²) in [5, 5.41) is 3.19. The summed E-state index contributed by atoms with van der Waals surface area (Å²) < 4.78 is 1.06. The number of halogens is 1. The van der Waals surface area contributed by atoms with Crippen molar-refractivity contribution in [3.05, 3.63) is 34.3 Å². The summed E-state index contributed by atoms with van der Waals surface area (Å²) in [4.78, 5) is 11.9. The Hall–Kier alpha value is -0.870. The van der Waals surface area contributed by atoms with Crippen molar-refractivity contribution < 1.29 is 4.79 Å². The van der Waals surface area contributed by atoms with Gasteiger partial charge in [-0.15, -0.1) is 0 Å². The highest BCUT2D eigenvalue weighted by Gasteiger charge is 2.39. The van der Waals surface area contributed by atoms with Crippen LogP contribution in [0.3, 0.4) is 0 Å². The molecular weight excluding hydrogens is 292 g/mol. The third-order valence-corrected chi connectivity index (χ3v) is 4.12. The van der Waals surface area contributed by atoms with Crippen LogP contribution < -0.4 is 11.1 Å². The second-order valence-corrected chi connectivity index (χ2v) is 5.80. The van der Waals surface area contributed by atoms with Crippen LogP contribution in [0.25, 0.3) is 0 Å². The van der Waals surface area contributed by atoms with Crippen LogP contribution in [0.2, 0.25) is 0 Å². The van der Waals surface area contributed by atoms with E-state index in [9.17, 15) is 4.79 Å². The minimum Gasteiger partial charge on any atom is -0.347 e. The van der Waals surface area contributed by atoms with Gasteiger partial charge in [-0.1, -0.05) is 28.1 Å². The standard InChI is InChI=1S/C14H19BrN2O/c15-12-6-4-11(5-7-12)14(8-2-9-14)17-13(18)3-1-10-16/h4-7H,1-3,8-10,16H2,(H,17,18). The van der Waals surface area contributed by atoms with Crippen molar-refractivity contribution in [3.8, 4) is 0 Å². The monoisotopic (exact) mass is 310 g/mol. The molecule has 18 heavy (non-hydrogen) atoms. The molecule has 4 heteroatoms. The van der Waals surface area contributed by atoms with Gasteiger partial charge in [0.05, 0.1) is 5.54 Å². The van der Waals surface area contributed by atoms with E-state index in [1.165, 1.54) is 12.0 Å². The molecule has 0 aromatic heterocycles. The maximum atomic E-state index is 11.9. The average Bonchev–Trinajstić information content (AvgIpc) is 2.32. The summed E-state index contributed by atoms with van der Waals surface area (Å²) in [6.07, 6.45) is 4.51. The van der Waals surface area contributed by atoms with Crippen molar-refractivity contribution in [2.75, 3.05) is 6.54 Å². The van der Waals surface area contributed by atoms with Gasteiger partial charge in [0, 0.05) is 10.9 Å². The van der Waals surface area contributed by atoms with Crippen LogP contribution in [0.5, 0.6) is 0 Å². The topological polar surface area (TPSA) is 55.1 Å². The summed E-state index contributed by atoms with van der Waals surface area (Å²) in [6, 6.07) is 8.24. The molecule has 0 radical (unpaired) electrons. The normalized spacial score (nSPS) is 17.0. The van der Waals surface area contributed by atoms with E-state index < -0.39 is 0 Å². The number of carbonyl (C=O) groups is 1. The number of nitrogens with one attached hydrogen (secondary N) is 1. The van der Waals surface area contributed by atoms with E-state index >= 15 is 0 Å². The number of hydrogen-bond donors (Lipinski definition) is 2. The van der Waals surface area contributed by atoms with Crippen LogP contribution in [0.1, 0.15) is 37.7 Å². The Bertz CT molecular complexity index is 412. The van der Waals surface area contributed by atoms with Crippen LogP contribution in [0.4, 0.5) is 0 Å². The molecule has 0 saturated heterocycles. The molecule has 1 aromatic rings. The van der Waals surface area contributed by atoms with E-state index in [1.807, 2.05) is 12.1 Å². The highest BCUT2D eigenvalue weighted by Crippen LogP contribution is 2.41. The second kappa shape index (κ2) is 5.85. The van der Waals surface area contributed by atoms with E-state index in [4.69, 9.17) is 5.73 Å². The van der Waals surface area contributed by atoms with Gasteiger partial charge in [0.1, 0.15) is 0 Å². The predicted octanol–water partition coefficient (Wildman–Crippen LogP) is 2.68. The Kier molecular flexibility index (Phi) is 4.40. The van der Waals surface area contributed by atoms with E-state index in [-0.39, 0.29) is 11.4 Å². The molecule has 2 rings (SSSR count). The first kappa shape index (κ1) is 13.6. The van der Waals surface area contributed by atoms with E-state index in [0.29, 0.717) is 13.0 Å². The Morgan fingerprint density at radius 1 is 1.33 bits per heavy atom. The van der Waals surface area contributed by atoms with Crippen LogP contribution in [-0.2, 0) is 10.3 Å². The fraction of sp³-hybridized carbons (Fsp3) is 0.500. The van der Waals surface area contributed by atoms with Gasteiger partial charge in [0.2, 0.25) is 5.91 Å². The van der Waals surface area contributed by atoms with Gasteiger partial charge in [-0.05, 0) is 49.9 Å². The molecule has 1 amide bonds. The van der Waals surface area contributed by atoms with Crippen molar-refractivity contribution >= 4 is 21.8 Å². The molecule has 1 aliphatic carbocycles. The van der Waals surface area contributed by atoms with Gasteiger partial charge >= 0.3 is 0 Å². The number of carbonyl (C=O) groups excluding carboxylic acids is 1. The Balaban J connectivity index is 2.06. The Labute approximate surface area is 116 Å². The molecule has 1 fully saturated rings. The number of hydrogen-bond acceptors (Lipinski definition) is 2. The fourth-order valence-corrected chi connectivity index (χ4v) is 2.64. The lowest BCUT2D eigenvalue weighted by atomic mass is 9.71. The lowest BCUT2D eigenvalue weighted by Gasteiger charge is -2.43. The fourth-order valence-electron chi connectivity index (χ4n) is 2.38. The molecule has 0 unspecified atom stereocenters. The van der Waals surface area contributed by atoms with E-state index in [2.05, 4.69) is 33.4 Å². The lowest BCUT2D eigenvalue weighted by molar-refractivity contribution is -0.124. The largest absolute Gasteiger partial charge is 0.347 e. The van der Waals surface area contributed by atoms with Crippen LogP contribution >= 0.6 is 15.9 Å². The summed E-state index contributed by atoms with van der Waals surface area (Å²) in [7, 11) is 0. The molecule has 0 heterocycles. The quantitative estimate of drug-likeness (QED) is 0.878. The van der Waals surface area contributed by atoms with Gasteiger partial charge in [0.25, 0.3) is 0 Å². The number of rotatable bonds is 5. The van der Waals surface area contributed by atoms with Gasteiger partial charge in [-0.25, -0.2) is 0 Å². The lowest BCUT2D eigenvalue weighted by Crippen LogP contribution is -2.50. The van der Waals surface area contributed by atoms with Crippen molar-refractivity contribution in [1.82, 2.24) is 5.32 Å². The van der Waals surface area contributed by atoms with Gasteiger partial charge in [-0.3, -0.25) is 4.79 Å². The third kappa shape index (κ3) is 2.93. The molecule has 0 aliphatic heterocycles. The van der Waals surface area contributed by atoms with E-state index in [0.717, 1.165) is 23.7 Å². The molecule has 98 valence electrons. The highest BCUT2D eigenvalue weighted by molar-refractivity contribution is 9.10. The summed E-state index contributed by atoms with van der Waals surface area (Å²) >= 11 is 3.44. The van der Waals surface area contributed by atoms with Crippen LogP contribution in [0.15, 0.2) is 28.7 Å². The van der Waals surface area contributed by atoms with Crippen molar-refractivity contribution in [3.63, 3.8) is 0 Å². The maximum absolute atomic E-state index is 11.9. The third-order valence-electron chi connectivity index (χ3n) is 3.59. The molecule has 0 spiro atoms. The summed E-state index contributed by atoms with van der Waals surface area (Å²) in [5.41, 5.74) is 6.50. The molecule has 0 bridgehead atoms. The summed E-state index contributed by atoms with van der Waals surface area (Å²) in [6.45, 7) is 0.568. The van der Waals surface area contributed by atoms with Crippen LogP contribution in [-0.4, -0.2) is 12.5 Å². The maximum Gasteiger partial charge on any atom is 0.220 e. The molecule has 1 aliphatic rings. The SMILES string of the molecule is NCCCC(=O)NC1(c2ccc(Br)cc2)CCC1. The smallest absolute Gasteiger partial charge is 0.220 e. The second-order valence-electron chi connectivity index (χ2n) is 4.88. The first-order valence-corrected chi connectivity index (χ1v) is 7.23. The molecular formula is C14H19BrN2O. The minimum absolute atomic E-state index is 0.114. The number of nitrogens with two attached hydrogens (primary N) is 1.